The van der Waals surface area contributed by atoms with Crippen molar-refractivity contribution in [2.45, 2.75) is 72.3 Å². The van der Waals surface area contributed by atoms with Crippen molar-refractivity contribution in [3.63, 3.8) is 0 Å². The lowest BCUT2D eigenvalue weighted by Gasteiger charge is -2.33. The normalized spacial score (nSPS) is 30.3. The van der Waals surface area contributed by atoms with Gasteiger partial charge in [0.25, 0.3) is 0 Å². The second-order valence-electron chi connectivity index (χ2n) is 6.21. The molecule has 0 aromatic heterocycles. The first-order valence-electron chi connectivity index (χ1n) is 6.12. The number of hydrogen-bond acceptors (Lipinski definition) is 0. The first-order valence-corrected chi connectivity index (χ1v) is 7.54. The smallest absolute Gasteiger partial charge is 0.126 e. The Morgan fingerprint density at radius 2 is 1.00 bits per heavy atom. The van der Waals surface area contributed by atoms with Crippen LogP contribution in [0.1, 0.15) is 65.2 Å². The van der Waals surface area contributed by atoms with Gasteiger partial charge in [-0.3, -0.25) is 0 Å². The Labute approximate surface area is 92.6 Å². The zero-order valence-electron chi connectivity index (χ0n) is 9.36. The molecule has 0 nitrogen and oxygen atoms in total. The SMILES string of the molecule is C[C]1([Mg][C]2(C)CCCC2)CCCC1. The van der Waals surface area contributed by atoms with E-state index in [1.165, 1.54) is 25.7 Å². The van der Waals surface area contributed by atoms with E-state index in [0.29, 0.717) is 0 Å². The van der Waals surface area contributed by atoms with E-state index in [0.717, 1.165) is 7.09 Å². The number of rotatable bonds is 2. The van der Waals surface area contributed by atoms with Gasteiger partial charge in [-0.1, -0.05) is 65.2 Å². The van der Waals surface area contributed by atoms with Crippen molar-refractivity contribution in [1.29, 1.82) is 0 Å². The average molecular weight is 191 g/mol. The monoisotopic (exact) mass is 190 g/mol. The van der Waals surface area contributed by atoms with Crippen molar-refractivity contribution in [3.05, 3.63) is 0 Å². The fraction of sp³-hybridized carbons (Fsp3) is 1.00. The van der Waals surface area contributed by atoms with Crippen molar-refractivity contribution in [3.8, 4) is 0 Å². The van der Waals surface area contributed by atoms with Crippen LogP contribution in [0.4, 0.5) is 0 Å². The molecule has 2 aliphatic carbocycles. The van der Waals surface area contributed by atoms with Gasteiger partial charge in [0, 0.05) is 0 Å². The number of hydrogen-bond donors (Lipinski definition) is 0. The Bertz CT molecular complexity index is 154. The molecular formula is C12H22Mg. The van der Waals surface area contributed by atoms with Crippen LogP contribution in [0.15, 0.2) is 0 Å². The predicted octanol–water partition coefficient (Wildman–Crippen LogP) is 4.20. The van der Waals surface area contributed by atoms with Gasteiger partial charge in [-0.2, -0.15) is 0 Å². The summed E-state index contributed by atoms with van der Waals surface area (Å²) in [6, 6.07) is 0. The maximum absolute atomic E-state index is 2.59. The van der Waals surface area contributed by atoms with Gasteiger partial charge < -0.3 is 0 Å². The third kappa shape index (κ3) is 2.41. The first-order chi connectivity index (χ1) is 6.12. The van der Waals surface area contributed by atoms with Crippen molar-refractivity contribution in [1.82, 2.24) is 0 Å². The molecule has 0 bridgehead atoms. The van der Waals surface area contributed by atoms with Crippen molar-refractivity contribution in [2.24, 2.45) is 0 Å². The van der Waals surface area contributed by atoms with Gasteiger partial charge in [-0.25, -0.2) is 0 Å². The summed E-state index contributed by atoms with van der Waals surface area (Å²) in [6.45, 7) is 5.19. The molecule has 2 aliphatic rings. The summed E-state index contributed by atoms with van der Waals surface area (Å²) in [6.07, 6.45) is 12.4. The molecule has 0 amide bonds. The maximum Gasteiger partial charge on any atom is 0.382 e. The predicted molar refractivity (Wildman–Crippen MR) is 59.4 cm³/mol. The zero-order valence-corrected chi connectivity index (χ0v) is 10.8. The highest BCUT2D eigenvalue weighted by molar-refractivity contribution is 6.44. The summed E-state index contributed by atoms with van der Waals surface area (Å²) >= 11 is 0.171. The highest BCUT2D eigenvalue weighted by Crippen LogP contribution is 2.54. The molecule has 0 radical (unpaired) electrons. The third-order valence-corrected chi connectivity index (χ3v) is 7.60. The molecule has 0 saturated heterocycles. The van der Waals surface area contributed by atoms with E-state index in [9.17, 15) is 0 Å². The molecule has 0 aromatic rings. The molecule has 2 saturated carbocycles. The summed E-state index contributed by atoms with van der Waals surface area (Å²) in [4.78, 5) is 0. The van der Waals surface area contributed by atoms with Crippen LogP contribution in [-0.2, 0) is 0 Å². The van der Waals surface area contributed by atoms with E-state index in [1.54, 1.807) is 25.7 Å². The lowest BCUT2D eigenvalue weighted by atomic mass is 10.1. The first kappa shape index (κ1) is 10.3. The molecule has 72 valence electrons. The van der Waals surface area contributed by atoms with Gasteiger partial charge in [0.1, 0.15) is 0 Å². The summed E-state index contributed by atoms with van der Waals surface area (Å²) in [5.74, 6) is 0. The van der Waals surface area contributed by atoms with Gasteiger partial charge in [0.2, 0.25) is 0 Å². The molecule has 0 spiro atoms. The van der Waals surface area contributed by atoms with Crippen LogP contribution < -0.4 is 0 Å². The minimum atomic E-state index is 0.171. The van der Waals surface area contributed by atoms with Crippen LogP contribution in [0.5, 0.6) is 0 Å². The van der Waals surface area contributed by atoms with Gasteiger partial charge in [-0.15, -0.1) is 7.09 Å². The van der Waals surface area contributed by atoms with Crippen LogP contribution >= 0.6 is 0 Å². The highest BCUT2D eigenvalue weighted by atomic mass is 24.5. The highest BCUT2D eigenvalue weighted by Gasteiger charge is 2.40. The average Bonchev–Trinajstić information content (AvgIpc) is 2.60. The van der Waals surface area contributed by atoms with Crippen LogP contribution in [0.25, 0.3) is 0 Å². The Kier molecular flexibility index (Phi) is 2.95. The van der Waals surface area contributed by atoms with E-state index in [2.05, 4.69) is 13.8 Å². The minimum absolute atomic E-state index is 0.171. The van der Waals surface area contributed by atoms with Gasteiger partial charge >= 0.3 is 20.4 Å². The van der Waals surface area contributed by atoms with E-state index in [1.807, 2.05) is 0 Å². The van der Waals surface area contributed by atoms with Crippen LogP contribution in [0, 0.1) is 0 Å². The van der Waals surface area contributed by atoms with E-state index in [4.69, 9.17) is 0 Å². The quantitative estimate of drug-likeness (QED) is 0.573. The van der Waals surface area contributed by atoms with Crippen LogP contribution in [0.2, 0.25) is 7.09 Å². The Morgan fingerprint density at radius 3 is 1.31 bits per heavy atom. The molecule has 2 fully saturated rings. The minimum Gasteiger partial charge on any atom is -0.126 e. The third-order valence-electron chi connectivity index (χ3n) is 4.47. The molecule has 0 aromatic carbocycles. The maximum atomic E-state index is 2.59. The summed E-state index contributed by atoms with van der Waals surface area (Å²) in [7, 11) is 0. The Balaban J connectivity index is 1.95. The summed E-state index contributed by atoms with van der Waals surface area (Å²) < 4.78 is 1.72. The fourth-order valence-corrected chi connectivity index (χ4v) is 7.61. The second kappa shape index (κ2) is 3.73. The summed E-state index contributed by atoms with van der Waals surface area (Å²) in [5.41, 5.74) is 0. The molecule has 0 heterocycles. The van der Waals surface area contributed by atoms with Crippen LogP contribution in [-0.4, -0.2) is 20.4 Å². The molecule has 1 heteroatoms. The van der Waals surface area contributed by atoms with Gasteiger partial charge in [0.15, 0.2) is 0 Å². The summed E-state index contributed by atoms with van der Waals surface area (Å²) in [5, 5.41) is 0. The molecule has 0 N–H and O–H groups in total. The van der Waals surface area contributed by atoms with Gasteiger partial charge in [-0.05, 0) is 0 Å². The topological polar surface area (TPSA) is 0 Å². The van der Waals surface area contributed by atoms with E-state index < -0.39 is 0 Å². The largest absolute Gasteiger partial charge is 0.382 e. The standard InChI is InChI=1S/2C6H11.Mg/c2*1-6-4-2-3-5-6;/h2*2-5H2,1H3;. The van der Waals surface area contributed by atoms with E-state index >= 15 is 0 Å². The molecule has 13 heavy (non-hydrogen) atoms. The Hall–Kier alpha value is 0.766. The second-order valence-corrected chi connectivity index (χ2v) is 9.98. The fourth-order valence-electron chi connectivity index (χ4n) is 3.84. The van der Waals surface area contributed by atoms with Crippen molar-refractivity contribution < 1.29 is 0 Å². The van der Waals surface area contributed by atoms with Crippen molar-refractivity contribution in [2.75, 3.05) is 0 Å². The molecule has 0 unspecified atom stereocenters. The van der Waals surface area contributed by atoms with Crippen molar-refractivity contribution >= 4 is 20.4 Å². The molecular weight excluding hydrogens is 168 g/mol. The lowest BCUT2D eigenvalue weighted by molar-refractivity contribution is 0.555. The van der Waals surface area contributed by atoms with E-state index in [-0.39, 0.29) is 20.4 Å². The van der Waals surface area contributed by atoms with Crippen LogP contribution in [0.3, 0.4) is 0 Å². The molecule has 2 rings (SSSR count). The molecule has 0 aliphatic heterocycles. The zero-order chi connectivity index (χ0) is 9.36. The molecule has 0 atom stereocenters. The lowest BCUT2D eigenvalue weighted by Crippen LogP contribution is -2.24. The Morgan fingerprint density at radius 1 is 0.692 bits per heavy atom. The van der Waals surface area contributed by atoms with Gasteiger partial charge in [0.05, 0.1) is 0 Å².